The molecule has 2 aliphatic rings. The Bertz CT molecular complexity index is 1110. The minimum absolute atomic E-state index is 0.0503. The fourth-order valence-corrected chi connectivity index (χ4v) is 5.46. The summed E-state index contributed by atoms with van der Waals surface area (Å²) in [6.45, 7) is 1.83. The monoisotopic (exact) mass is 467 g/mol. The zero-order valence-electron chi connectivity index (χ0n) is 18.5. The first-order chi connectivity index (χ1) is 15.9. The van der Waals surface area contributed by atoms with E-state index in [9.17, 15) is 18.0 Å². The van der Waals surface area contributed by atoms with Gasteiger partial charge in [0.2, 0.25) is 21.8 Å². The van der Waals surface area contributed by atoms with Crippen LogP contribution in [0.3, 0.4) is 0 Å². The summed E-state index contributed by atoms with van der Waals surface area (Å²) in [5.41, 5.74) is 2.68. The number of piperidine rings is 1. The molecule has 2 aromatic rings. The molecule has 0 spiro atoms. The van der Waals surface area contributed by atoms with Crippen molar-refractivity contribution >= 4 is 33.6 Å². The van der Waals surface area contributed by atoms with Gasteiger partial charge in [0.1, 0.15) is 0 Å². The molecule has 1 N–H and O–H groups in total. The van der Waals surface area contributed by atoms with Crippen LogP contribution in [0.4, 0.5) is 5.69 Å². The van der Waals surface area contributed by atoms with E-state index in [2.05, 4.69) is 5.32 Å². The van der Waals surface area contributed by atoms with E-state index in [0.29, 0.717) is 38.9 Å². The van der Waals surface area contributed by atoms with Gasteiger partial charge in [-0.1, -0.05) is 42.5 Å². The average molecular weight is 468 g/mol. The maximum absolute atomic E-state index is 12.6. The van der Waals surface area contributed by atoms with Gasteiger partial charge in [-0.3, -0.25) is 9.59 Å². The maximum Gasteiger partial charge on any atom is 0.236 e. The molecule has 33 heavy (non-hydrogen) atoms. The van der Waals surface area contributed by atoms with Gasteiger partial charge >= 0.3 is 0 Å². The Morgan fingerprint density at radius 1 is 1.00 bits per heavy atom. The summed E-state index contributed by atoms with van der Waals surface area (Å²) in [7, 11) is -3.51. The predicted octanol–water partition coefficient (Wildman–Crippen LogP) is 3.14. The lowest BCUT2D eigenvalue weighted by Crippen LogP contribution is -2.42. The zero-order chi connectivity index (χ0) is 23.3. The first-order valence-corrected chi connectivity index (χ1v) is 12.8. The summed E-state index contributed by atoms with van der Waals surface area (Å²) in [5.74, 6) is -0.0957. The summed E-state index contributed by atoms with van der Waals surface area (Å²) in [5, 5.41) is 4.20. The van der Waals surface area contributed by atoms with Crippen molar-refractivity contribution in [3.05, 3.63) is 71.1 Å². The third-order valence-electron chi connectivity index (χ3n) is 6.20. The summed E-state index contributed by atoms with van der Waals surface area (Å²) >= 11 is 0. The van der Waals surface area contributed by atoms with E-state index >= 15 is 0 Å². The van der Waals surface area contributed by atoms with Crippen molar-refractivity contribution in [1.82, 2.24) is 9.62 Å². The molecule has 0 unspecified atom stereocenters. The Morgan fingerprint density at radius 2 is 1.70 bits per heavy atom. The Balaban J connectivity index is 1.24. The second-order valence-electron chi connectivity index (χ2n) is 8.46. The minimum Gasteiger partial charge on any atom is -0.352 e. The molecule has 0 aromatic heterocycles. The fourth-order valence-electron chi connectivity index (χ4n) is 4.24. The molecule has 7 nitrogen and oxygen atoms in total. The molecule has 8 heteroatoms. The van der Waals surface area contributed by atoms with E-state index in [1.807, 2.05) is 54.6 Å². The number of sulfonamides is 1. The molecule has 2 aliphatic heterocycles. The van der Waals surface area contributed by atoms with E-state index in [1.165, 1.54) is 9.71 Å². The number of hydrogen-bond donors (Lipinski definition) is 1. The molecule has 2 amide bonds. The SMILES string of the molecule is O=C(NCc1ccc(N2CCCC2=O)cc1)C1CCN(S(=O)(=O)/C=C/c2ccccc2)CC1. The Kier molecular flexibility index (Phi) is 7.25. The quantitative estimate of drug-likeness (QED) is 0.678. The topological polar surface area (TPSA) is 86.8 Å². The highest BCUT2D eigenvalue weighted by atomic mass is 32.2. The molecule has 0 saturated carbocycles. The molecule has 2 fully saturated rings. The lowest BCUT2D eigenvalue weighted by Gasteiger charge is -2.29. The van der Waals surface area contributed by atoms with Crippen molar-refractivity contribution in [2.45, 2.75) is 32.2 Å². The lowest BCUT2D eigenvalue weighted by atomic mass is 9.97. The first-order valence-electron chi connectivity index (χ1n) is 11.3. The average Bonchev–Trinajstić information content (AvgIpc) is 3.28. The van der Waals surface area contributed by atoms with Crippen molar-refractivity contribution in [1.29, 1.82) is 0 Å². The van der Waals surface area contributed by atoms with Gasteiger partial charge in [-0.05, 0) is 48.6 Å². The summed E-state index contributed by atoms with van der Waals surface area (Å²) < 4.78 is 26.6. The van der Waals surface area contributed by atoms with Gasteiger partial charge < -0.3 is 10.2 Å². The molecule has 0 bridgehead atoms. The number of amides is 2. The van der Waals surface area contributed by atoms with Gasteiger partial charge in [-0.25, -0.2) is 8.42 Å². The van der Waals surface area contributed by atoms with Crippen LogP contribution >= 0.6 is 0 Å². The first kappa shape index (κ1) is 23.2. The van der Waals surface area contributed by atoms with Crippen LogP contribution in [0.25, 0.3) is 6.08 Å². The van der Waals surface area contributed by atoms with Crippen LogP contribution in [0.1, 0.15) is 36.8 Å². The van der Waals surface area contributed by atoms with Crippen LogP contribution in [0.15, 0.2) is 60.0 Å². The molecule has 0 radical (unpaired) electrons. The highest BCUT2D eigenvalue weighted by Gasteiger charge is 2.29. The molecule has 2 aromatic carbocycles. The molecular weight excluding hydrogens is 438 g/mol. The lowest BCUT2D eigenvalue weighted by molar-refractivity contribution is -0.126. The number of carbonyl (C=O) groups excluding carboxylic acids is 2. The van der Waals surface area contributed by atoms with Crippen LogP contribution in [0.5, 0.6) is 0 Å². The number of hydrogen-bond acceptors (Lipinski definition) is 4. The van der Waals surface area contributed by atoms with Gasteiger partial charge in [-0.15, -0.1) is 0 Å². The largest absolute Gasteiger partial charge is 0.352 e. The summed E-state index contributed by atoms with van der Waals surface area (Å²) in [6, 6.07) is 17.0. The second-order valence-corrected chi connectivity index (χ2v) is 10.3. The van der Waals surface area contributed by atoms with Crippen LogP contribution in [-0.2, 0) is 26.2 Å². The number of carbonyl (C=O) groups is 2. The molecule has 4 rings (SSSR count). The Hall–Kier alpha value is -2.97. The summed E-state index contributed by atoms with van der Waals surface area (Å²) in [6.07, 6.45) is 4.08. The van der Waals surface area contributed by atoms with Gasteiger partial charge in [-0.2, -0.15) is 4.31 Å². The van der Waals surface area contributed by atoms with Gasteiger partial charge in [0.15, 0.2) is 0 Å². The second kappa shape index (κ2) is 10.3. The Labute approximate surface area is 195 Å². The van der Waals surface area contributed by atoms with Crippen molar-refractivity contribution in [2.24, 2.45) is 5.92 Å². The standard InChI is InChI=1S/C25H29N3O4S/c29-24-7-4-15-28(24)23-10-8-21(9-11-23)19-26-25(30)22-12-16-27(17-13-22)33(31,32)18-14-20-5-2-1-3-6-20/h1-3,5-6,8-11,14,18,22H,4,7,12-13,15-17,19H2,(H,26,30)/b18-14+. The number of rotatable bonds is 7. The molecule has 0 atom stereocenters. The maximum atomic E-state index is 12.6. The van der Waals surface area contributed by atoms with Crippen molar-refractivity contribution in [2.75, 3.05) is 24.5 Å². The smallest absolute Gasteiger partial charge is 0.236 e. The highest BCUT2D eigenvalue weighted by Crippen LogP contribution is 2.23. The molecule has 0 aliphatic carbocycles. The van der Waals surface area contributed by atoms with Crippen molar-refractivity contribution in [3.8, 4) is 0 Å². The minimum atomic E-state index is -3.51. The molecule has 2 heterocycles. The zero-order valence-corrected chi connectivity index (χ0v) is 19.3. The third kappa shape index (κ3) is 5.89. The van der Waals surface area contributed by atoms with E-state index in [1.54, 1.807) is 11.0 Å². The van der Waals surface area contributed by atoms with E-state index < -0.39 is 10.0 Å². The number of nitrogens with zero attached hydrogens (tertiary/aromatic N) is 2. The van der Waals surface area contributed by atoms with Crippen LogP contribution in [0.2, 0.25) is 0 Å². The number of nitrogens with one attached hydrogen (secondary N) is 1. The van der Waals surface area contributed by atoms with Crippen LogP contribution < -0.4 is 10.2 Å². The third-order valence-corrected chi connectivity index (χ3v) is 7.77. The fraction of sp³-hybridized carbons (Fsp3) is 0.360. The van der Waals surface area contributed by atoms with E-state index in [4.69, 9.17) is 0 Å². The summed E-state index contributed by atoms with van der Waals surface area (Å²) in [4.78, 5) is 26.3. The molecule has 174 valence electrons. The Morgan fingerprint density at radius 3 is 2.33 bits per heavy atom. The van der Waals surface area contributed by atoms with Gasteiger partial charge in [0.05, 0.1) is 0 Å². The van der Waals surface area contributed by atoms with Crippen molar-refractivity contribution < 1.29 is 18.0 Å². The normalized spacial score (nSPS) is 18.2. The predicted molar refractivity (Wildman–Crippen MR) is 129 cm³/mol. The number of anilines is 1. The van der Waals surface area contributed by atoms with E-state index in [-0.39, 0.29) is 17.7 Å². The van der Waals surface area contributed by atoms with Crippen LogP contribution in [0, 0.1) is 5.92 Å². The highest BCUT2D eigenvalue weighted by molar-refractivity contribution is 7.92. The van der Waals surface area contributed by atoms with Crippen LogP contribution in [-0.4, -0.2) is 44.2 Å². The van der Waals surface area contributed by atoms with E-state index in [0.717, 1.165) is 29.8 Å². The van der Waals surface area contributed by atoms with Crippen molar-refractivity contribution in [3.63, 3.8) is 0 Å². The van der Waals surface area contributed by atoms with Gasteiger partial charge in [0, 0.05) is 49.6 Å². The van der Waals surface area contributed by atoms with Gasteiger partial charge in [0.25, 0.3) is 0 Å². The number of benzene rings is 2. The molecular formula is C25H29N3O4S. The molecule has 2 saturated heterocycles.